The molecule has 0 radical (unpaired) electrons. The number of ether oxygens (including phenoxy) is 2. The van der Waals surface area contributed by atoms with E-state index in [4.69, 9.17) is 9.47 Å². The van der Waals surface area contributed by atoms with Gasteiger partial charge in [-0.1, -0.05) is 18.2 Å². The van der Waals surface area contributed by atoms with Crippen LogP contribution in [-0.4, -0.2) is 78.1 Å². The van der Waals surface area contributed by atoms with Crippen molar-refractivity contribution in [3.05, 3.63) is 59.9 Å². The van der Waals surface area contributed by atoms with E-state index in [1.165, 1.54) is 13.2 Å². The molecule has 0 spiro atoms. The first kappa shape index (κ1) is 23.2. The molecular weight excluding hydrogens is 412 g/mol. The summed E-state index contributed by atoms with van der Waals surface area (Å²) in [6, 6.07) is 12.2. The molecule has 1 aromatic carbocycles. The Morgan fingerprint density at radius 2 is 1.91 bits per heavy atom. The van der Waals surface area contributed by atoms with Crippen LogP contribution in [0.4, 0.5) is 0 Å². The number of piperazine rings is 1. The molecule has 0 unspecified atom stereocenters. The SMILES string of the molecule is CNC(=O)c1ccc(OCO[C@@H](C)C(=O)N2CCN(C(=O)c3ccccc3)C[C@H]2C)cn1. The van der Waals surface area contributed by atoms with E-state index in [1.54, 1.807) is 41.0 Å². The second-order valence-electron chi connectivity index (χ2n) is 7.53. The minimum atomic E-state index is -0.702. The predicted octanol–water partition coefficient (Wildman–Crippen LogP) is 1.56. The van der Waals surface area contributed by atoms with Crippen LogP contribution in [-0.2, 0) is 9.53 Å². The number of hydrogen-bond donors (Lipinski definition) is 1. The highest BCUT2D eigenvalue weighted by molar-refractivity contribution is 5.94. The van der Waals surface area contributed by atoms with Crippen LogP contribution in [0.5, 0.6) is 5.75 Å². The normalized spacial score (nSPS) is 16.9. The standard InChI is InChI=1S/C23H28N4O5/c1-16-14-26(23(30)18-7-5-4-6-8-18)11-12-27(16)22(29)17(2)31-15-32-19-9-10-20(25-13-19)21(28)24-3/h4-10,13,16-17H,11-12,14-15H2,1-3H3,(H,24,28)/t16-,17+/m1/s1. The van der Waals surface area contributed by atoms with Gasteiger partial charge in [0.2, 0.25) is 0 Å². The Labute approximate surface area is 187 Å². The van der Waals surface area contributed by atoms with Gasteiger partial charge in [0, 0.05) is 38.3 Å². The van der Waals surface area contributed by atoms with Gasteiger partial charge >= 0.3 is 0 Å². The van der Waals surface area contributed by atoms with Gasteiger partial charge in [-0.25, -0.2) is 4.98 Å². The van der Waals surface area contributed by atoms with E-state index in [2.05, 4.69) is 10.3 Å². The summed E-state index contributed by atoms with van der Waals surface area (Å²) in [4.78, 5) is 44.5. The van der Waals surface area contributed by atoms with E-state index in [1.807, 2.05) is 25.1 Å². The molecule has 9 nitrogen and oxygen atoms in total. The lowest BCUT2D eigenvalue weighted by molar-refractivity contribution is -0.151. The zero-order valence-electron chi connectivity index (χ0n) is 18.5. The topological polar surface area (TPSA) is 101 Å². The molecule has 1 saturated heterocycles. The summed E-state index contributed by atoms with van der Waals surface area (Å²) in [5, 5.41) is 2.49. The Morgan fingerprint density at radius 3 is 2.53 bits per heavy atom. The van der Waals surface area contributed by atoms with E-state index < -0.39 is 6.10 Å². The van der Waals surface area contributed by atoms with Crippen LogP contribution in [0, 0.1) is 0 Å². The molecule has 0 bridgehead atoms. The van der Waals surface area contributed by atoms with Gasteiger partial charge in [0.1, 0.15) is 17.5 Å². The molecule has 0 aliphatic carbocycles. The number of amides is 3. The zero-order valence-corrected chi connectivity index (χ0v) is 18.5. The minimum absolute atomic E-state index is 0.0294. The second kappa shape index (κ2) is 10.7. The molecule has 1 aliphatic rings. The smallest absolute Gasteiger partial charge is 0.269 e. The molecule has 1 N–H and O–H groups in total. The number of nitrogens with zero attached hydrogens (tertiary/aromatic N) is 3. The van der Waals surface area contributed by atoms with Crippen molar-refractivity contribution in [3.63, 3.8) is 0 Å². The van der Waals surface area contributed by atoms with E-state index >= 15 is 0 Å². The lowest BCUT2D eigenvalue weighted by atomic mass is 10.1. The monoisotopic (exact) mass is 440 g/mol. The van der Waals surface area contributed by atoms with E-state index in [-0.39, 0.29) is 36.3 Å². The molecule has 3 rings (SSSR count). The first-order chi connectivity index (χ1) is 15.4. The highest BCUT2D eigenvalue weighted by atomic mass is 16.7. The Kier molecular flexibility index (Phi) is 7.77. The fraction of sp³-hybridized carbons (Fsp3) is 0.391. The quantitative estimate of drug-likeness (QED) is 0.656. The highest BCUT2D eigenvalue weighted by Crippen LogP contribution is 2.16. The first-order valence-corrected chi connectivity index (χ1v) is 10.5. The maximum atomic E-state index is 12.8. The summed E-state index contributed by atoms with van der Waals surface area (Å²) in [5.74, 6) is -0.0373. The molecular formula is C23H28N4O5. The molecule has 9 heteroatoms. The predicted molar refractivity (Wildman–Crippen MR) is 117 cm³/mol. The van der Waals surface area contributed by atoms with Gasteiger partial charge in [-0.05, 0) is 38.1 Å². The summed E-state index contributed by atoms with van der Waals surface area (Å²) in [6.07, 6.45) is 0.720. The number of rotatable bonds is 7. The maximum absolute atomic E-state index is 12.8. The average molecular weight is 441 g/mol. The molecule has 1 aromatic heterocycles. The van der Waals surface area contributed by atoms with Crippen molar-refractivity contribution in [1.29, 1.82) is 0 Å². The number of nitrogens with one attached hydrogen (secondary N) is 1. The zero-order chi connectivity index (χ0) is 23.1. The van der Waals surface area contributed by atoms with Crippen molar-refractivity contribution < 1.29 is 23.9 Å². The first-order valence-electron chi connectivity index (χ1n) is 10.5. The fourth-order valence-electron chi connectivity index (χ4n) is 3.47. The number of carbonyl (C=O) groups excluding carboxylic acids is 3. The Morgan fingerprint density at radius 1 is 1.16 bits per heavy atom. The Hall–Kier alpha value is -3.46. The van der Waals surface area contributed by atoms with E-state index in [0.717, 1.165) is 0 Å². The molecule has 2 aromatic rings. The minimum Gasteiger partial charge on any atom is -0.466 e. The van der Waals surface area contributed by atoms with Crippen LogP contribution in [0.2, 0.25) is 0 Å². The van der Waals surface area contributed by atoms with Gasteiger partial charge < -0.3 is 24.6 Å². The molecule has 2 atom stereocenters. The third kappa shape index (κ3) is 5.61. The fourth-order valence-corrected chi connectivity index (χ4v) is 3.47. The van der Waals surface area contributed by atoms with Gasteiger partial charge in [-0.15, -0.1) is 0 Å². The van der Waals surface area contributed by atoms with Crippen molar-refractivity contribution in [2.24, 2.45) is 0 Å². The van der Waals surface area contributed by atoms with Crippen molar-refractivity contribution in [2.75, 3.05) is 33.5 Å². The molecule has 1 aliphatic heterocycles. The van der Waals surface area contributed by atoms with Crippen LogP contribution in [0.1, 0.15) is 34.7 Å². The summed E-state index contributed by atoms with van der Waals surface area (Å²) < 4.78 is 11.0. The molecule has 3 amide bonds. The van der Waals surface area contributed by atoms with Crippen molar-refractivity contribution >= 4 is 17.7 Å². The number of benzene rings is 1. The van der Waals surface area contributed by atoms with Crippen molar-refractivity contribution in [1.82, 2.24) is 20.1 Å². The summed E-state index contributed by atoms with van der Waals surface area (Å²) in [7, 11) is 1.53. The summed E-state index contributed by atoms with van der Waals surface area (Å²) >= 11 is 0. The number of pyridine rings is 1. The Balaban J connectivity index is 1.46. The second-order valence-corrected chi connectivity index (χ2v) is 7.53. The maximum Gasteiger partial charge on any atom is 0.269 e. The van der Waals surface area contributed by atoms with Crippen molar-refractivity contribution in [2.45, 2.75) is 26.0 Å². The van der Waals surface area contributed by atoms with Gasteiger partial charge in [0.05, 0.1) is 6.20 Å². The van der Waals surface area contributed by atoms with Gasteiger partial charge in [0.25, 0.3) is 17.7 Å². The van der Waals surface area contributed by atoms with Crippen LogP contribution >= 0.6 is 0 Å². The van der Waals surface area contributed by atoms with Crippen LogP contribution < -0.4 is 10.1 Å². The highest BCUT2D eigenvalue weighted by Gasteiger charge is 2.32. The molecule has 2 heterocycles. The van der Waals surface area contributed by atoms with Crippen LogP contribution in [0.25, 0.3) is 0 Å². The van der Waals surface area contributed by atoms with E-state index in [9.17, 15) is 14.4 Å². The van der Waals surface area contributed by atoms with Crippen LogP contribution in [0.3, 0.4) is 0 Å². The third-order valence-electron chi connectivity index (χ3n) is 5.31. The lowest BCUT2D eigenvalue weighted by Gasteiger charge is -2.40. The van der Waals surface area contributed by atoms with Crippen molar-refractivity contribution in [3.8, 4) is 5.75 Å². The molecule has 32 heavy (non-hydrogen) atoms. The number of aromatic nitrogens is 1. The molecule has 0 saturated carbocycles. The Bertz CT molecular complexity index is 935. The molecule has 170 valence electrons. The summed E-state index contributed by atoms with van der Waals surface area (Å²) in [5.41, 5.74) is 0.925. The lowest BCUT2D eigenvalue weighted by Crippen LogP contribution is -2.57. The average Bonchev–Trinajstić information content (AvgIpc) is 2.83. The summed E-state index contributed by atoms with van der Waals surface area (Å²) in [6.45, 7) is 4.84. The van der Waals surface area contributed by atoms with Crippen LogP contribution in [0.15, 0.2) is 48.7 Å². The van der Waals surface area contributed by atoms with Gasteiger partial charge in [-0.2, -0.15) is 0 Å². The largest absolute Gasteiger partial charge is 0.466 e. The number of hydrogen-bond acceptors (Lipinski definition) is 6. The van der Waals surface area contributed by atoms with Gasteiger partial charge in [0.15, 0.2) is 6.79 Å². The molecule has 1 fully saturated rings. The van der Waals surface area contributed by atoms with E-state index in [0.29, 0.717) is 30.9 Å². The third-order valence-corrected chi connectivity index (χ3v) is 5.31. The van der Waals surface area contributed by atoms with Gasteiger partial charge in [-0.3, -0.25) is 14.4 Å². The number of carbonyl (C=O) groups is 3.